The maximum absolute atomic E-state index is 13.5. The largest absolute Gasteiger partial charge is 0.490 e. The van der Waals surface area contributed by atoms with Crippen molar-refractivity contribution in [2.45, 2.75) is 20.3 Å². The van der Waals surface area contributed by atoms with Gasteiger partial charge in [-0.25, -0.2) is 9.18 Å². The van der Waals surface area contributed by atoms with Gasteiger partial charge in [0.15, 0.2) is 18.1 Å². The highest BCUT2D eigenvalue weighted by molar-refractivity contribution is 5.91. The summed E-state index contributed by atoms with van der Waals surface area (Å²) in [4.78, 5) is 23.6. The topological polar surface area (TPSA) is 73.9 Å². The quantitative estimate of drug-likeness (QED) is 0.632. The standard InChI is InChI=1S/C21H24FNO5/c1-3-26-18-10-9-15(13-19(18)27-4-2)11-12-23-20(24)14-28-21(25)16-7-5-6-8-17(16)22/h5-10,13H,3-4,11-12,14H2,1-2H3,(H,23,24). The Kier molecular flexibility index (Phi) is 8.27. The molecule has 0 bridgehead atoms. The van der Waals surface area contributed by atoms with Gasteiger partial charge in [-0.2, -0.15) is 0 Å². The van der Waals surface area contributed by atoms with E-state index in [-0.39, 0.29) is 5.56 Å². The Morgan fingerprint density at radius 1 is 1.00 bits per heavy atom. The van der Waals surface area contributed by atoms with Crippen molar-refractivity contribution in [2.75, 3.05) is 26.4 Å². The molecule has 0 atom stereocenters. The molecular formula is C21H24FNO5. The fraction of sp³-hybridized carbons (Fsp3) is 0.333. The van der Waals surface area contributed by atoms with Crippen molar-refractivity contribution in [3.63, 3.8) is 0 Å². The van der Waals surface area contributed by atoms with Gasteiger partial charge in [-0.05, 0) is 50.1 Å². The molecule has 0 radical (unpaired) electrons. The highest BCUT2D eigenvalue weighted by Gasteiger charge is 2.14. The average molecular weight is 389 g/mol. The van der Waals surface area contributed by atoms with Crippen molar-refractivity contribution in [2.24, 2.45) is 0 Å². The first-order chi connectivity index (χ1) is 13.5. The van der Waals surface area contributed by atoms with E-state index in [4.69, 9.17) is 14.2 Å². The van der Waals surface area contributed by atoms with E-state index >= 15 is 0 Å². The van der Waals surface area contributed by atoms with Crippen molar-refractivity contribution >= 4 is 11.9 Å². The molecule has 1 N–H and O–H groups in total. The Bertz CT molecular complexity index is 809. The van der Waals surface area contributed by atoms with E-state index in [2.05, 4.69) is 5.32 Å². The van der Waals surface area contributed by atoms with Crippen LogP contribution in [0.5, 0.6) is 11.5 Å². The van der Waals surface area contributed by atoms with Crippen LogP contribution < -0.4 is 14.8 Å². The highest BCUT2D eigenvalue weighted by Crippen LogP contribution is 2.28. The number of carbonyl (C=O) groups is 2. The molecule has 0 unspecified atom stereocenters. The van der Waals surface area contributed by atoms with E-state index in [1.807, 2.05) is 32.0 Å². The second kappa shape index (κ2) is 10.9. The molecule has 0 spiro atoms. The molecule has 28 heavy (non-hydrogen) atoms. The summed E-state index contributed by atoms with van der Waals surface area (Å²) in [6.45, 7) is 4.74. The molecule has 7 heteroatoms. The van der Waals surface area contributed by atoms with Gasteiger partial charge < -0.3 is 19.5 Å². The van der Waals surface area contributed by atoms with Crippen LogP contribution in [0.25, 0.3) is 0 Å². The molecule has 6 nitrogen and oxygen atoms in total. The van der Waals surface area contributed by atoms with Crippen LogP contribution >= 0.6 is 0 Å². The van der Waals surface area contributed by atoms with Gasteiger partial charge >= 0.3 is 5.97 Å². The Morgan fingerprint density at radius 2 is 1.71 bits per heavy atom. The van der Waals surface area contributed by atoms with Gasteiger partial charge in [0.1, 0.15) is 5.82 Å². The van der Waals surface area contributed by atoms with Crippen LogP contribution in [0.3, 0.4) is 0 Å². The molecule has 0 aliphatic rings. The third kappa shape index (κ3) is 6.26. The molecule has 0 aromatic heterocycles. The summed E-state index contributed by atoms with van der Waals surface area (Å²) < 4.78 is 29.4. The van der Waals surface area contributed by atoms with Crippen molar-refractivity contribution < 1.29 is 28.2 Å². The minimum Gasteiger partial charge on any atom is -0.490 e. The third-order valence-corrected chi connectivity index (χ3v) is 3.77. The number of rotatable bonds is 10. The first kappa shape index (κ1) is 21.2. The smallest absolute Gasteiger partial charge is 0.341 e. The van der Waals surface area contributed by atoms with Gasteiger partial charge in [0.05, 0.1) is 18.8 Å². The van der Waals surface area contributed by atoms with Gasteiger partial charge in [-0.1, -0.05) is 18.2 Å². The predicted octanol–water partition coefficient (Wildman–Crippen LogP) is 3.14. The second-order valence-electron chi connectivity index (χ2n) is 5.80. The minimum absolute atomic E-state index is 0.201. The number of nitrogens with one attached hydrogen (secondary N) is 1. The van der Waals surface area contributed by atoms with Crippen LogP contribution in [-0.2, 0) is 16.0 Å². The van der Waals surface area contributed by atoms with E-state index in [1.54, 1.807) is 0 Å². The minimum atomic E-state index is -0.874. The zero-order valence-corrected chi connectivity index (χ0v) is 16.0. The molecule has 2 aromatic carbocycles. The van der Waals surface area contributed by atoms with Gasteiger partial charge in [0.25, 0.3) is 5.91 Å². The number of esters is 1. The molecule has 1 amide bonds. The van der Waals surface area contributed by atoms with E-state index in [1.165, 1.54) is 18.2 Å². The molecule has 2 rings (SSSR count). The zero-order valence-electron chi connectivity index (χ0n) is 16.0. The Balaban J connectivity index is 1.79. The van der Waals surface area contributed by atoms with Crippen LogP contribution in [0.1, 0.15) is 29.8 Å². The molecule has 0 saturated heterocycles. The van der Waals surface area contributed by atoms with Crippen LogP contribution in [0.15, 0.2) is 42.5 Å². The maximum atomic E-state index is 13.5. The van der Waals surface area contributed by atoms with E-state index < -0.39 is 24.3 Å². The van der Waals surface area contributed by atoms with Crippen molar-refractivity contribution in [3.05, 3.63) is 59.4 Å². The number of halogens is 1. The summed E-state index contributed by atoms with van der Waals surface area (Å²) in [7, 11) is 0. The second-order valence-corrected chi connectivity index (χ2v) is 5.80. The Morgan fingerprint density at radius 3 is 2.43 bits per heavy atom. The first-order valence-corrected chi connectivity index (χ1v) is 9.12. The van der Waals surface area contributed by atoms with Crippen molar-refractivity contribution in [3.8, 4) is 11.5 Å². The summed E-state index contributed by atoms with van der Waals surface area (Å²) in [5, 5.41) is 2.66. The predicted molar refractivity (Wildman–Crippen MR) is 102 cm³/mol. The molecular weight excluding hydrogens is 365 g/mol. The van der Waals surface area contributed by atoms with E-state index in [0.717, 1.165) is 11.6 Å². The third-order valence-electron chi connectivity index (χ3n) is 3.77. The summed E-state index contributed by atoms with van der Waals surface area (Å²) in [6, 6.07) is 11.1. The van der Waals surface area contributed by atoms with Gasteiger partial charge in [0.2, 0.25) is 0 Å². The molecule has 0 fully saturated rings. The number of carbonyl (C=O) groups excluding carboxylic acids is 2. The summed E-state index contributed by atoms with van der Waals surface area (Å²) in [6.07, 6.45) is 0.569. The van der Waals surface area contributed by atoms with Gasteiger partial charge in [0, 0.05) is 6.54 Å². The fourth-order valence-corrected chi connectivity index (χ4v) is 2.48. The molecule has 0 saturated carbocycles. The lowest BCUT2D eigenvalue weighted by atomic mass is 10.1. The normalized spacial score (nSPS) is 10.2. The summed E-state index contributed by atoms with van der Waals surface area (Å²) in [5.41, 5.74) is 0.767. The summed E-state index contributed by atoms with van der Waals surface area (Å²) >= 11 is 0. The van der Waals surface area contributed by atoms with Crippen molar-refractivity contribution in [1.29, 1.82) is 0 Å². The lowest BCUT2D eigenvalue weighted by molar-refractivity contribution is -0.124. The highest BCUT2D eigenvalue weighted by atomic mass is 19.1. The SMILES string of the molecule is CCOc1ccc(CCNC(=O)COC(=O)c2ccccc2F)cc1OCC. The number of hydrogen-bond acceptors (Lipinski definition) is 5. The summed E-state index contributed by atoms with van der Waals surface area (Å²) in [5.74, 6) is -0.681. The van der Waals surface area contributed by atoms with E-state index in [0.29, 0.717) is 37.7 Å². The Hall–Kier alpha value is -3.09. The number of amides is 1. The lowest BCUT2D eigenvalue weighted by Gasteiger charge is -2.12. The monoisotopic (exact) mass is 389 g/mol. The van der Waals surface area contributed by atoms with Crippen LogP contribution in [-0.4, -0.2) is 38.2 Å². The zero-order chi connectivity index (χ0) is 20.4. The fourth-order valence-electron chi connectivity index (χ4n) is 2.48. The molecule has 0 heterocycles. The van der Waals surface area contributed by atoms with Crippen molar-refractivity contribution in [1.82, 2.24) is 5.32 Å². The molecule has 2 aromatic rings. The number of ether oxygens (including phenoxy) is 3. The average Bonchev–Trinajstić information content (AvgIpc) is 2.69. The lowest BCUT2D eigenvalue weighted by Crippen LogP contribution is -2.30. The van der Waals surface area contributed by atoms with Crippen LogP contribution in [0, 0.1) is 5.82 Å². The maximum Gasteiger partial charge on any atom is 0.341 e. The van der Waals surface area contributed by atoms with Crippen LogP contribution in [0.4, 0.5) is 4.39 Å². The number of hydrogen-bond donors (Lipinski definition) is 1. The first-order valence-electron chi connectivity index (χ1n) is 9.12. The molecule has 0 aliphatic carbocycles. The van der Waals surface area contributed by atoms with Gasteiger partial charge in [-0.3, -0.25) is 4.79 Å². The van der Waals surface area contributed by atoms with E-state index in [9.17, 15) is 14.0 Å². The van der Waals surface area contributed by atoms with Crippen LogP contribution in [0.2, 0.25) is 0 Å². The van der Waals surface area contributed by atoms with Gasteiger partial charge in [-0.15, -0.1) is 0 Å². The number of benzene rings is 2. The Labute approximate surface area is 163 Å². The molecule has 0 aliphatic heterocycles. The molecule has 150 valence electrons.